The monoisotopic (exact) mass is 272 g/mol. The number of hydrogen-bond acceptors (Lipinski definition) is 4. The maximum absolute atomic E-state index is 9.84. The molecule has 0 spiro atoms. The van der Waals surface area contributed by atoms with Gasteiger partial charge in [0.15, 0.2) is 11.5 Å². The van der Waals surface area contributed by atoms with Crippen LogP contribution in [0.4, 0.5) is 0 Å². The lowest BCUT2D eigenvalue weighted by Crippen LogP contribution is -2.15. The van der Waals surface area contributed by atoms with Gasteiger partial charge in [0.25, 0.3) is 0 Å². The van der Waals surface area contributed by atoms with Crippen molar-refractivity contribution >= 4 is 0 Å². The quantitative estimate of drug-likeness (QED) is 0.882. The highest BCUT2D eigenvalue weighted by atomic mass is 16.5. The average Bonchev–Trinajstić information content (AvgIpc) is 2.47. The number of methoxy groups -OCH3 is 1. The molecule has 0 radical (unpaired) electrons. The molecule has 4 nitrogen and oxygen atoms in total. The predicted molar refractivity (Wildman–Crippen MR) is 74.0 cm³/mol. The van der Waals surface area contributed by atoms with Crippen LogP contribution in [0.1, 0.15) is 22.8 Å². The van der Waals surface area contributed by atoms with E-state index in [1.54, 1.807) is 18.2 Å². The van der Waals surface area contributed by atoms with Gasteiger partial charge in [-0.15, -0.1) is 0 Å². The van der Waals surface area contributed by atoms with Gasteiger partial charge in [0.05, 0.1) is 19.8 Å². The highest BCUT2D eigenvalue weighted by Crippen LogP contribution is 2.37. The number of benzene rings is 2. The minimum atomic E-state index is -0.124. The van der Waals surface area contributed by atoms with Crippen LogP contribution in [0, 0.1) is 0 Å². The number of aromatic hydroxyl groups is 2. The van der Waals surface area contributed by atoms with Crippen LogP contribution < -0.4 is 4.74 Å². The molecular weight excluding hydrogens is 256 g/mol. The van der Waals surface area contributed by atoms with Gasteiger partial charge in [0.1, 0.15) is 5.75 Å². The molecule has 1 atom stereocenters. The normalized spacial score (nSPS) is 17.6. The summed E-state index contributed by atoms with van der Waals surface area (Å²) in [7, 11) is 1.52. The summed E-state index contributed by atoms with van der Waals surface area (Å²) < 4.78 is 10.8. The Bertz CT molecular complexity index is 636. The highest BCUT2D eigenvalue weighted by Gasteiger charge is 2.23. The van der Waals surface area contributed by atoms with E-state index in [1.807, 2.05) is 18.2 Å². The topological polar surface area (TPSA) is 58.9 Å². The van der Waals surface area contributed by atoms with E-state index >= 15 is 0 Å². The van der Waals surface area contributed by atoms with Crippen LogP contribution in [0.2, 0.25) is 0 Å². The van der Waals surface area contributed by atoms with E-state index in [0.717, 1.165) is 16.7 Å². The molecule has 1 heterocycles. The zero-order valence-electron chi connectivity index (χ0n) is 11.2. The lowest BCUT2D eigenvalue weighted by Gasteiger charge is -2.26. The summed E-state index contributed by atoms with van der Waals surface area (Å²) in [5.41, 5.74) is 2.83. The fourth-order valence-electron chi connectivity index (χ4n) is 2.54. The first-order chi connectivity index (χ1) is 9.69. The summed E-state index contributed by atoms with van der Waals surface area (Å²) in [6.07, 6.45) is 0.552. The largest absolute Gasteiger partial charge is 0.508 e. The SMILES string of the molecule is COc1ccc(C2Cc3cccc(O)c3CO2)cc1O. The lowest BCUT2D eigenvalue weighted by atomic mass is 9.94. The number of ether oxygens (including phenoxy) is 2. The Morgan fingerprint density at radius 2 is 2.00 bits per heavy atom. The third-order valence-electron chi connectivity index (χ3n) is 3.66. The maximum Gasteiger partial charge on any atom is 0.160 e. The summed E-state index contributed by atoms with van der Waals surface area (Å²) in [6, 6.07) is 10.8. The first-order valence-electron chi connectivity index (χ1n) is 6.47. The molecule has 0 aliphatic carbocycles. The van der Waals surface area contributed by atoms with Crippen LogP contribution >= 0.6 is 0 Å². The minimum Gasteiger partial charge on any atom is -0.508 e. The van der Waals surface area contributed by atoms with Crippen molar-refractivity contribution in [3.63, 3.8) is 0 Å². The summed E-state index contributed by atoms with van der Waals surface area (Å²) in [6.45, 7) is 0.374. The standard InChI is InChI=1S/C16H16O4/c1-19-15-6-5-11(7-14(15)18)16-8-10-3-2-4-13(17)12(10)9-20-16/h2-7,16-18H,8-9H2,1H3. The second kappa shape index (κ2) is 5.06. The summed E-state index contributed by atoms with van der Waals surface area (Å²) in [4.78, 5) is 0. The van der Waals surface area contributed by atoms with Gasteiger partial charge >= 0.3 is 0 Å². The molecule has 0 aromatic heterocycles. The van der Waals surface area contributed by atoms with Crippen LogP contribution in [0.5, 0.6) is 17.2 Å². The number of rotatable bonds is 2. The highest BCUT2D eigenvalue weighted by molar-refractivity contribution is 5.44. The summed E-state index contributed by atoms with van der Waals surface area (Å²) >= 11 is 0. The Kier molecular flexibility index (Phi) is 3.24. The van der Waals surface area contributed by atoms with Gasteiger partial charge in [0, 0.05) is 12.0 Å². The van der Waals surface area contributed by atoms with Gasteiger partial charge in [-0.1, -0.05) is 18.2 Å². The molecule has 0 amide bonds. The Labute approximate surface area is 117 Å². The van der Waals surface area contributed by atoms with Crippen LogP contribution in [0.3, 0.4) is 0 Å². The summed E-state index contributed by atoms with van der Waals surface area (Å²) in [5.74, 6) is 0.830. The smallest absolute Gasteiger partial charge is 0.160 e. The zero-order valence-corrected chi connectivity index (χ0v) is 11.2. The molecule has 1 unspecified atom stereocenters. The van der Waals surface area contributed by atoms with Crippen molar-refractivity contribution in [3.05, 3.63) is 53.1 Å². The lowest BCUT2D eigenvalue weighted by molar-refractivity contribution is 0.0260. The zero-order chi connectivity index (χ0) is 14.1. The third-order valence-corrected chi connectivity index (χ3v) is 3.66. The van der Waals surface area contributed by atoms with Crippen LogP contribution in [-0.4, -0.2) is 17.3 Å². The van der Waals surface area contributed by atoms with Crippen molar-refractivity contribution in [3.8, 4) is 17.2 Å². The average molecular weight is 272 g/mol. The van der Waals surface area contributed by atoms with Crippen molar-refractivity contribution in [2.45, 2.75) is 19.1 Å². The van der Waals surface area contributed by atoms with Gasteiger partial charge in [0.2, 0.25) is 0 Å². The van der Waals surface area contributed by atoms with E-state index in [1.165, 1.54) is 7.11 Å². The second-order valence-electron chi connectivity index (χ2n) is 4.85. The molecule has 1 aliphatic heterocycles. The summed E-state index contributed by atoms with van der Waals surface area (Å²) in [5, 5.41) is 19.6. The molecule has 0 saturated carbocycles. The van der Waals surface area contributed by atoms with E-state index in [2.05, 4.69) is 0 Å². The second-order valence-corrected chi connectivity index (χ2v) is 4.85. The van der Waals surface area contributed by atoms with E-state index in [4.69, 9.17) is 9.47 Å². The molecule has 0 saturated heterocycles. The molecule has 2 aromatic rings. The molecule has 104 valence electrons. The van der Waals surface area contributed by atoms with Crippen LogP contribution in [0.15, 0.2) is 36.4 Å². The molecule has 2 N–H and O–H groups in total. The van der Waals surface area contributed by atoms with Crippen molar-refractivity contribution in [2.24, 2.45) is 0 Å². The number of phenols is 2. The Morgan fingerprint density at radius 1 is 1.15 bits per heavy atom. The van der Waals surface area contributed by atoms with Crippen molar-refractivity contribution < 1.29 is 19.7 Å². The van der Waals surface area contributed by atoms with E-state index in [-0.39, 0.29) is 17.6 Å². The fourth-order valence-corrected chi connectivity index (χ4v) is 2.54. The third kappa shape index (κ3) is 2.18. The first-order valence-corrected chi connectivity index (χ1v) is 6.47. The molecule has 0 bridgehead atoms. The number of phenolic OH excluding ortho intramolecular Hbond substituents is 2. The molecule has 20 heavy (non-hydrogen) atoms. The van der Waals surface area contributed by atoms with Gasteiger partial charge in [-0.05, 0) is 29.3 Å². The first kappa shape index (κ1) is 12.8. The van der Waals surface area contributed by atoms with Crippen molar-refractivity contribution in [1.82, 2.24) is 0 Å². The molecule has 1 aliphatic rings. The predicted octanol–water partition coefficient (Wildman–Crippen LogP) is 2.92. The number of hydrogen-bond donors (Lipinski definition) is 2. The molecular formula is C16H16O4. The van der Waals surface area contributed by atoms with Crippen LogP contribution in [0.25, 0.3) is 0 Å². The molecule has 2 aromatic carbocycles. The van der Waals surface area contributed by atoms with Crippen molar-refractivity contribution in [1.29, 1.82) is 0 Å². The Hall–Kier alpha value is -2.20. The van der Waals surface area contributed by atoms with Crippen molar-refractivity contribution in [2.75, 3.05) is 7.11 Å². The number of fused-ring (bicyclic) bond motifs is 1. The van der Waals surface area contributed by atoms with E-state index < -0.39 is 0 Å². The van der Waals surface area contributed by atoms with Gasteiger partial charge in [-0.2, -0.15) is 0 Å². The molecule has 3 rings (SSSR count). The molecule has 0 fully saturated rings. The van der Waals surface area contributed by atoms with Gasteiger partial charge in [-0.3, -0.25) is 0 Å². The van der Waals surface area contributed by atoms with Crippen LogP contribution in [-0.2, 0) is 17.8 Å². The maximum atomic E-state index is 9.84. The van der Waals surface area contributed by atoms with Gasteiger partial charge < -0.3 is 19.7 Å². The molecule has 4 heteroatoms. The Balaban J connectivity index is 1.88. The van der Waals surface area contributed by atoms with E-state index in [0.29, 0.717) is 18.8 Å². The Morgan fingerprint density at radius 3 is 2.75 bits per heavy atom. The van der Waals surface area contributed by atoms with Gasteiger partial charge in [-0.25, -0.2) is 0 Å². The minimum absolute atomic E-state index is 0.107. The fraction of sp³-hybridized carbons (Fsp3) is 0.250. The van der Waals surface area contributed by atoms with E-state index in [9.17, 15) is 10.2 Å².